The van der Waals surface area contributed by atoms with Crippen molar-refractivity contribution < 1.29 is 14.2 Å². The van der Waals surface area contributed by atoms with Gasteiger partial charge in [0.05, 0.1) is 21.3 Å². The summed E-state index contributed by atoms with van der Waals surface area (Å²) < 4.78 is 16.2. The van der Waals surface area contributed by atoms with Crippen LogP contribution in [-0.2, 0) is 12.8 Å². The molecule has 3 aromatic rings. The van der Waals surface area contributed by atoms with Crippen LogP contribution in [0.15, 0.2) is 42.6 Å². The molecule has 1 heterocycles. The molecule has 0 aliphatic heterocycles. The second kappa shape index (κ2) is 7.49. The van der Waals surface area contributed by atoms with Gasteiger partial charge < -0.3 is 24.9 Å². The number of aromatic amines is 1. The third-order valence-corrected chi connectivity index (χ3v) is 4.38. The molecule has 5 nitrogen and oxygen atoms in total. The maximum Gasteiger partial charge on any atom is 0.203 e. The van der Waals surface area contributed by atoms with Crippen molar-refractivity contribution in [2.24, 2.45) is 5.73 Å². The normalized spacial score (nSPS) is 12.2. The number of ether oxygens (including phenoxy) is 3. The molecule has 0 fully saturated rings. The van der Waals surface area contributed by atoms with Gasteiger partial charge in [-0.15, -0.1) is 0 Å². The van der Waals surface area contributed by atoms with Gasteiger partial charge in [0.2, 0.25) is 5.75 Å². The molecular formula is C20H24N2O3. The SMILES string of the molecule is COc1cc(CC(N)Cc2c[nH]c3ccccc23)cc(OC)c1OC. The third kappa shape index (κ3) is 3.56. The maximum absolute atomic E-state index is 6.41. The van der Waals surface area contributed by atoms with Crippen LogP contribution >= 0.6 is 0 Å². The van der Waals surface area contributed by atoms with Crippen LogP contribution in [0.3, 0.4) is 0 Å². The van der Waals surface area contributed by atoms with Crippen molar-refractivity contribution in [3.05, 3.63) is 53.7 Å². The van der Waals surface area contributed by atoms with Gasteiger partial charge in [-0.2, -0.15) is 0 Å². The summed E-state index contributed by atoms with van der Waals surface area (Å²) in [6, 6.07) is 12.2. The van der Waals surface area contributed by atoms with E-state index in [2.05, 4.69) is 17.1 Å². The summed E-state index contributed by atoms with van der Waals surface area (Å²) in [5, 5.41) is 1.22. The van der Waals surface area contributed by atoms with E-state index in [9.17, 15) is 0 Å². The highest BCUT2D eigenvalue weighted by atomic mass is 16.5. The molecule has 1 atom stereocenters. The maximum atomic E-state index is 6.41. The summed E-state index contributed by atoms with van der Waals surface area (Å²) in [5.74, 6) is 1.89. The molecule has 0 aliphatic carbocycles. The molecule has 0 aliphatic rings. The van der Waals surface area contributed by atoms with Crippen LogP contribution < -0.4 is 19.9 Å². The molecule has 0 bridgehead atoms. The summed E-state index contributed by atoms with van der Waals surface area (Å²) in [5.41, 5.74) is 9.84. The molecule has 0 saturated carbocycles. The largest absolute Gasteiger partial charge is 0.493 e. The van der Waals surface area contributed by atoms with E-state index in [-0.39, 0.29) is 6.04 Å². The van der Waals surface area contributed by atoms with Crippen LogP contribution in [0.5, 0.6) is 17.2 Å². The number of para-hydroxylation sites is 1. The average Bonchev–Trinajstić information content (AvgIpc) is 3.03. The van der Waals surface area contributed by atoms with Gasteiger partial charge in [0, 0.05) is 23.1 Å². The minimum Gasteiger partial charge on any atom is -0.493 e. The van der Waals surface area contributed by atoms with E-state index in [4.69, 9.17) is 19.9 Å². The number of hydrogen-bond acceptors (Lipinski definition) is 4. The second-order valence-electron chi connectivity index (χ2n) is 6.06. The van der Waals surface area contributed by atoms with Crippen molar-refractivity contribution in [1.29, 1.82) is 0 Å². The number of rotatable bonds is 7. The fourth-order valence-electron chi connectivity index (χ4n) is 3.21. The minimum atomic E-state index is -0.0120. The molecule has 0 radical (unpaired) electrons. The lowest BCUT2D eigenvalue weighted by molar-refractivity contribution is 0.323. The number of H-pyrrole nitrogens is 1. The Morgan fingerprint density at radius 3 is 2.28 bits per heavy atom. The number of benzene rings is 2. The molecule has 25 heavy (non-hydrogen) atoms. The Morgan fingerprint density at radius 2 is 1.64 bits per heavy atom. The number of nitrogens with one attached hydrogen (secondary N) is 1. The van der Waals surface area contributed by atoms with Gasteiger partial charge in [-0.05, 0) is 42.2 Å². The lowest BCUT2D eigenvalue weighted by Gasteiger charge is -2.16. The summed E-state index contributed by atoms with van der Waals surface area (Å²) in [6.07, 6.45) is 3.55. The first-order valence-corrected chi connectivity index (χ1v) is 8.25. The van der Waals surface area contributed by atoms with Crippen molar-refractivity contribution in [2.45, 2.75) is 18.9 Å². The van der Waals surface area contributed by atoms with Gasteiger partial charge in [-0.3, -0.25) is 0 Å². The highest BCUT2D eigenvalue weighted by Gasteiger charge is 2.15. The topological polar surface area (TPSA) is 69.5 Å². The molecule has 3 N–H and O–H groups in total. The van der Waals surface area contributed by atoms with Gasteiger partial charge in [0.1, 0.15) is 0 Å². The Labute approximate surface area is 147 Å². The first-order valence-electron chi connectivity index (χ1n) is 8.25. The zero-order chi connectivity index (χ0) is 17.8. The average molecular weight is 340 g/mol. The van der Waals surface area contributed by atoms with Crippen LogP contribution in [0.2, 0.25) is 0 Å². The van der Waals surface area contributed by atoms with E-state index in [1.54, 1.807) is 21.3 Å². The Bertz CT molecular complexity index is 832. The predicted octanol–water partition coefficient (Wildman–Crippen LogP) is 3.31. The van der Waals surface area contributed by atoms with Crippen LogP contribution in [-0.4, -0.2) is 32.4 Å². The summed E-state index contributed by atoms with van der Waals surface area (Å²) >= 11 is 0. The Morgan fingerprint density at radius 1 is 0.960 bits per heavy atom. The monoisotopic (exact) mass is 340 g/mol. The standard InChI is InChI=1S/C20H24N2O3/c1-23-18-9-13(10-19(24-2)20(18)25-3)8-15(21)11-14-12-22-17-7-5-4-6-16(14)17/h4-7,9-10,12,15,22H,8,11,21H2,1-3H3. The van der Waals surface area contributed by atoms with Crippen LogP contribution in [0.1, 0.15) is 11.1 Å². The molecule has 1 aromatic heterocycles. The van der Waals surface area contributed by atoms with Crippen LogP contribution in [0.4, 0.5) is 0 Å². The highest BCUT2D eigenvalue weighted by molar-refractivity contribution is 5.83. The van der Waals surface area contributed by atoms with Crippen LogP contribution in [0, 0.1) is 0 Å². The van der Waals surface area contributed by atoms with Crippen molar-refractivity contribution in [2.75, 3.05) is 21.3 Å². The molecular weight excluding hydrogens is 316 g/mol. The van der Waals surface area contributed by atoms with Crippen molar-refractivity contribution in [3.63, 3.8) is 0 Å². The lowest BCUT2D eigenvalue weighted by Crippen LogP contribution is -2.25. The number of hydrogen-bond donors (Lipinski definition) is 2. The molecule has 3 rings (SSSR count). The van der Waals surface area contributed by atoms with E-state index >= 15 is 0 Å². The zero-order valence-corrected chi connectivity index (χ0v) is 14.8. The second-order valence-corrected chi connectivity index (χ2v) is 6.06. The highest BCUT2D eigenvalue weighted by Crippen LogP contribution is 2.38. The minimum absolute atomic E-state index is 0.0120. The predicted molar refractivity (Wildman–Crippen MR) is 99.8 cm³/mol. The van der Waals surface area contributed by atoms with E-state index in [1.165, 1.54) is 10.9 Å². The Hall–Kier alpha value is -2.66. The van der Waals surface area contributed by atoms with Crippen LogP contribution in [0.25, 0.3) is 10.9 Å². The van der Waals surface area contributed by atoms with Gasteiger partial charge >= 0.3 is 0 Å². The summed E-state index contributed by atoms with van der Waals surface area (Å²) in [6.45, 7) is 0. The third-order valence-electron chi connectivity index (χ3n) is 4.38. The van der Waals surface area contributed by atoms with Gasteiger partial charge in [0.15, 0.2) is 11.5 Å². The number of methoxy groups -OCH3 is 3. The van der Waals surface area contributed by atoms with Gasteiger partial charge in [-0.25, -0.2) is 0 Å². The lowest BCUT2D eigenvalue weighted by atomic mass is 9.99. The van der Waals surface area contributed by atoms with Crippen molar-refractivity contribution >= 4 is 10.9 Å². The summed E-state index contributed by atoms with van der Waals surface area (Å²) in [7, 11) is 4.84. The van der Waals surface area contributed by atoms with E-state index in [1.807, 2.05) is 30.5 Å². The smallest absolute Gasteiger partial charge is 0.203 e. The molecule has 0 amide bonds. The zero-order valence-electron chi connectivity index (χ0n) is 14.8. The molecule has 1 unspecified atom stereocenters. The first-order chi connectivity index (χ1) is 12.2. The number of fused-ring (bicyclic) bond motifs is 1. The molecule has 5 heteroatoms. The fourth-order valence-corrected chi connectivity index (χ4v) is 3.21. The number of aromatic nitrogens is 1. The molecule has 2 aromatic carbocycles. The van der Waals surface area contributed by atoms with E-state index in [0.29, 0.717) is 17.2 Å². The quantitative estimate of drug-likeness (QED) is 0.692. The van der Waals surface area contributed by atoms with E-state index in [0.717, 1.165) is 23.9 Å². The van der Waals surface area contributed by atoms with Crippen molar-refractivity contribution in [3.8, 4) is 17.2 Å². The van der Waals surface area contributed by atoms with Gasteiger partial charge in [-0.1, -0.05) is 18.2 Å². The van der Waals surface area contributed by atoms with E-state index < -0.39 is 0 Å². The molecule has 0 spiro atoms. The molecule has 132 valence electrons. The van der Waals surface area contributed by atoms with Crippen molar-refractivity contribution in [1.82, 2.24) is 4.98 Å². The molecule has 0 saturated heterocycles. The fraction of sp³-hybridized carbons (Fsp3) is 0.300. The Kier molecular flexibility index (Phi) is 5.14. The summed E-state index contributed by atoms with van der Waals surface area (Å²) in [4.78, 5) is 3.30. The first kappa shape index (κ1) is 17.2. The number of nitrogens with two attached hydrogens (primary N) is 1. The Balaban J connectivity index is 1.79. The van der Waals surface area contributed by atoms with Gasteiger partial charge in [0.25, 0.3) is 0 Å².